The van der Waals surface area contributed by atoms with Crippen LogP contribution >= 0.6 is 0 Å². The zero-order valence-electron chi connectivity index (χ0n) is 10.9. The Hall–Kier alpha value is -1.49. The monoisotopic (exact) mass is 258 g/mol. The lowest BCUT2D eigenvalue weighted by Gasteiger charge is -2.43. The molecule has 18 heavy (non-hydrogen) atoms. The molecule has 0 aliphatic heterocycles. The van der Waals surface area contributed by atoms with Crippen molar-refractivity contribution >= 4 is 6.09 Å². The molecule has 1 aliphatic rings. The van der Waals surface area contributed by atoms with Crippen molar-refractivity contribution in [2.24, 2.45) is 5.11 Å². The first-order chi connectivity index (χ1) is 8.27. The zero-order valence-corrected chi connectivity index (χ0v) is 10.9. The molecule has 1 aliphatic carbocycles. The fraction of sp³-hybridized carbons (Fsp3) is 0.909. The molecule has 7 heteroatoms. The number of rotatable bonds is 2. The van der Waals surface area contributed by atoms with Gasteiger partial charge >= 0.3 is 6.09 Å². The van der Waals surface area contributed by atoms with Crippen LogP contribution in [0.2, 0.25) is 0 Å². The molecule has 1 fully saturated rings. The van der Waals surface area contributed by atoms with Crippen LogP contribution in [0.5, 0.6) is 0 Å². The molecule has 3 atom stereocenters. The quantitative estimate of drug-likeness (QED) is 0.467. The lowest BCUT2D eigenvalue weighted by Crippen LogP contribution is -2.56. The number of hydrogen-bond acceptors (Lipinski definition) is 2. The summed E-state index contributed by atoms with van der Waals surface area (Å²) >= 11 is 0. The van der Waals surface area contributed by atoms with Crippen LogP contribution in [0, 0.1) is 0 Å². The number of nitrogens with zero attached hydrogens (tertiary/aromatic N) is 4. The van der Waals surface area contributed by atoms with Crippen LogP contribution < -0.4 is 0 Å². The van der Waals surface area contributed by atoms with E-state index >= 15 is 0 Å². The summed E-state index contributed by atoms with van der Waals surface area (Å²) in [7, 11) is 0. The van der Waals surface area contributed by atoms with Crippen LogP contribution in [0.25, 0.3) is 10.4 Å². The Morgan fingerprint density at radius 2 is 2.11 bits per heavy atom. The Bertz CT molecular complexity index is 363. The number of azide groups is 1. The summed E-state index contributed by atoms with van der Waals surface area (Å²) in [5, 5.41) is 12.7. The van der Waals surface area contributed by atoms with Gasteiger partial charge in [0.05, 0.1) is 6.04 Å². The van der Waals surface area contributed by atoms with Crippen molar-refractivity contribution in [3.05, 3.63) is 10.4 Å². The summed E-state index contributed by atoms with van der Waals surface area (Å²) in [4.78, 5) is 15.1. The Balaban J connectivity index is 2.83. The molecule has 1 amide bonds. The summed E-state index contributed by atoms with van der Waals surface area (Å²) in [5.74, 6) is 0. The van der Waals surface area contributed by atoms with Crippen LogP contribution in [0.3, 0.4) is 0 Å². The lowest BCUT2D eigenvalue weighted by atomic mass is 9.87. The van der Waals surface area contributed by atoms with Gasteiger partial charge in [0.1, 0.15) is 6.17 Å². The van der Waals surface area contributed by atoms with Crippen molar-refractivity contribution < 1.29 is 14.3 Å². The van der Waals surface area contributed by atoms with E-state index in [9.17, 15) is 14.3 Å². The van der Waals surface area contributed by atoms with Gasteiger partial charge < -0.3 is 5.11 Å². The summed E-state index contributed by atoms with van der Waals surface area (Å²) in [6.07, 6.45) is -1.40. The molecule has 0 heterocycles. The molecule has 0 saturated heterocycles. The number of carboxylic acid groups (broad SMARTS) is 1. The van der Waals surface area contributed by atoms with Gasteiger partial charge in [-0.15, -0.1) is 0 Å². The molecule has 0 aromatic carbocycles. The van der Waals surface area contributed by atoms with E-state index in [4.69, 9.17) is 5.53 Å². The van der Waals surface area contributed by atoms with Crippen molar-refractivity contribution in [1.29, 1.82) is 0 Å². The van der Waals surface area contributed by atoms with Crippen molar-refractivity contribution in [3.63, 3.8) is 0 Å². The first kappa shape index (κ1) is 14.6. The lowest BCUT2D eigenvalue weighted by molar-refractivity contribution is 0.0171. The maximum atomic E-state index is 14.1. The smallest absolute Gasteiger partial charge is 0.408 e. The average Bonchev–Trinajstić information content (AvgIpc) is 2.19. The highest BCUT2D eigenvalue weighted by Crippen LogP contribution is 2.31. The van der Waals surface area contributed by atoms with E-state index in [0.717, 1.165) is 0 Å². The Kier molecular flexibility index (Phi) is 4.40. The molecule has 1 saturated carbocycles. The van der Waals surface area contributed by atoms with E-state index < -0.39 is 23.8 Å². The second-order valence-electron chi connectivity index (χ2n) is 5.58. The maximum Gasteiger partial charge on any atom is 0.408 e. The number of hydrogen-bond donors (Lipinski definition) is 1. The molecular weight excluding hydrogens is 239 g/mol. The number of amides is 1. The van der Waals surface area contributed by atoms with Crippen LogP contribution in [0.1, 0.15) is 40.0 Å². The Morgan fingerprint density at radius 1 is 1.50 bits per heavy atom. The Morgan fingerprint density at radius 3 is 2.50 bits per heavy atom. The van der Waals surface area contributed by atoms with Gasteiger partial charge in [-0.25, -0.2) is 9.18 Å². The van der Waals surface area contributed by atoms with Gasteiger partial charge in [0.15, 0.2) is 0 Å². The largest absolute Gasteiger partial charge is 0.465 e. The molecule has 0 spiro atoms. The van der Waals surface area contributed by atoms with E-state index in [1.54, 1.807) is 20.8 Å². The van der Waals surface area contributed by atoms with Gasteiger partial charge in [-0.2, -0.15) is 0 Å². The summed E-state index contributed by atoms with van der Waals surface area (Å²) in [6, 6.07) is -1.02. The number of halogens is 1. The van der Waals surface area contributed by atoms with Gasteiger partial charge in [0, 0.05) is 16.5 Å². The molecule has 102 valence electrons. The third kappa shape index (κ3) is 3.26. The number of alkyl halides is 1. The van der Waals surface area contributed by atoms with E-state index in [1.165, 1.54) is 4.90 Å². The predicted octanol–water partition coefficient (Wildman–Crippen LogP) is 3.33. The third-order valence-corrected chi connectivity index (χ3v) is 3.19. The van der Waals surface area contributed by atoms with Crippen LogP contribution in [-0.4, -0.2) is 39.9 Å². The summed E-state index contributed by atoms with van der Waals surface area (Å²) in [5.41, 5.74) is 7.68. The van der Waals surface area contributed by atoms with E-state index in [2.05, 4.69) is 10.0 Å². The maximum absolute atomic E-state index is 14.1. The van der Waals surface area contributed by atoms with Crippen molar-refractivity contribution in [3.8, 4) is 0 Å². The molecule has 1 N–H and O–H groups in total. The van der Waals surface area contributed by atoms with Crippen molar-refractivity contribution in [1.82, 2.24) is 4.90 Å². The first-order valence-electron chi connectivity index (χ1n) is 5.98. The van der Waals surface area contributed by atoms with Crippen LogP contribution in [0.4, 0.5) is 9.18 Å². The highest BCUT2D eigenvalue weighted by molar-refractivity contribution is 5.66. The second kappa shape index (κ2) is 5.44. The topological polar surface area (TPSA) is 89.3 Å². The molecule has 0 radical (unpaired) electrons. The molecule has 0 aromatic rings. The number of carbonyl (C=O) groups is 1. The van der Waals surface area contributed by atoms with Crippen molar-refractivity contribution in [2.45, 2.75) is 63.8 Å². The van der Waals surface area contributed by atoms with Gasteiger partial charge in [0.2, 0.25) is 0 Å². The van der Waals surface area contributed by atoms with E-state index in [1.807, 2.05) is 0 Å². The SMILES string of the molecule is CC(C)(C)N(C(=O)O)[C@@H]1CC[C@@H](N=[N+]=[N-])C[C@@H]1F. The molecule has 0 aromatic heterocycles. The molecule has 0 bridgehead atoms. The average molecular weight is 258 g/mol. The fourth-order valence-corrected chi connectivity index (χ4v) is 2.47. The molecule has 6 nitrogen and oxygen atoms in total. The molecule has 0 unspecified atom stereocenters. The van der Waals surface area contributed by atoms with Gasteiger partial charge in [-0.05, 0) is 45.6 Å². The fourth-order valence-electron chi connectivity index (χ4n) is 2.47. The highest BCUT2D eigenvalue weighted by atomic mass is 19.1. The van der Waals surface area contributed by atoms with Gasteiger partial charge in [0.25, 0.3) is 0 Å². The Labute approximate surface area is 105 Å². The van der Waals surface area contributed by atoms with Gasteiger partial charge in [-0.3, -0.25) is 4.90 Å². The summed E-state index contributed by atoms with van der Waals surface area (Å²) in [6.45, 7) is 5.23. The second-order valence-corrected chi connectivity index (χ2v) is 5.58. The van der Waals surface area contributed by atoms with Crippen LogP contribution in [0.15, 0.2) is 5.11 Å². The predicted molar refractivity (Wildman–Crippen MR) is 65.1 cm³/mol. The first-order valence-corrected chi connectivity index (χ1v) is 5.98. The highest BCUT2D eigenvalue weighted by Gasteiger charge is 2.41. The summed E-state index contributed by atoms with van der Waals surface area (Å²) < 4.78 is 14.1. The minimum atomic E-state index is -1.29. The van der Waals surface area contributed by atoms with E-state index in [0.29, 0.717) is 12.8 Å². The van der Waals surface area contributed by atoms with E-state index in [-0.39, 0.29) is 12.5 Å². The molecule has 1 rings (SSSR count). The van der Waals surface area contributed by atoms with Crippen molar-refractivity contribution in [2.75, 3.05) is 0 Å². The minimum Gasteiger partial charge on any atom is -0.465 e. The molecular formula is C11H19FN4O2. The normalized spacial score (nSPS) is 28.3. The van der Waals surface area contributed by atoms with Crippen LogP contribution in [-0.2, 0) is 0 Å². The van der Waals surface area contributed by atoms with Gasteiger partial charge in [-0.1, -0.05) is 5.11 Å². The zero-order chi connectivity index (χ0) is 13.9. The third-order valence-electron chi connectivity index (χ3n) is 3.19. The standard InChI is InChI=1S/C11H19FN4O2/c1-11(2,3)16(10(17)18)9-5-4-7(14-15-13)6-8(9)12/h7-9H,4-6H2,1-3H3,(H,17,18)/t7-,8+,9-/m1/s1. The minimum absolute atomic E-state index is 0.0919.